The quantitative estimate of drug-likeness (QED) is 0.314. The molecule has 5 aromatic rings. The lowest BCUT2D eigenvalue weighted by Gasteiger charge is -2.13. The molecule has 0 atom stereocenters. The molecule has 4 aromatic carbocycles. The number of amides is 1. The normalized spacial score (nSPS) is 10.8. The van der Waals surface area contributed by atoms with Gasteiger partial charge < -0.3 is 19.5 Å². The Morgan fingerprint density at radius 2 is 1.54 bits per heavy atom. The van der Waals surface area contributed by atoms with Crippen LogP contribution in [0.3, 0.4) is 0 Å². The molecule has 1 heterocycles. The number of benzene rings is 4. The number of hydrogen-bond acceptors (Lipinski definition) is 5. The summed E-state index contributed by atoms with van der Waals surface area (Å²) in [5.74, 6) is 2.53. The van der Waals surface area contributed by atoms with Crippen LogP contribution in [0.1, 0.15) is 15.9 Å². The van der Waals surface area contributed by atoms with Crippen LogP contribution in [0.15, 0.2) is 91.1 Å². The predicted molar refractivity (Wildman–Crippen MR) is 136 cm³/mol. The van der Waals surface area contributed by atoms with Crippen molar-refractivity contribution in [2.45, 2.75) is 6.54 Å². The first-order valence-electron chi connectivity index (χ1n) is 11.2. The SMILES string of the molecule is COc1cc2nccc(Oc3ccc4cc(CNC(=O)c5ccccc5)ccc4c3)c2cc1OC. The Morgan fingerprint density at radius 3 is 2.34 bits per heavy atom. The Kier molecular flexibility index (Phi) is 6.18. The van der Waals surface area contributed by atoms with Crippen LogP contribution in [-0.2, 0) is 6.54 Å². The topological polar surface area (TPSA) is 69.7 Å². The summed E-state index contributed by atoms with van der Waals surface area (Å²) in [6.07, 6.45) is 1.71. The number of ether oxygens (including phenoxy) is 3. The zero-order chi connectivity index (χ0) is 24.2. The molecule has 5 rings (SSSR count). The van der Waals surface area contributed by atoms with E-state index in [0.717, 1.165) is 27.2 Å². The first-order chi connectivity index (χ1) is 17.1. The number of carbonyl (C=O) groups is 1. The van der Waals surface area contributed by atoms with E-state index in [1.54, 1.807) is 32.5 Å². The molecular weight excluding hydrogens is 440 g/mol. The second-order valence-corrected chi connectivity index (χ2v) is 8.03. The maximum Gasteiger partial charge on any atom is 0.251 e. The fourth-order valence-electron chi connectivity index (χ4n) is 3.98. The minimum Gasteiger partial charge on any atom is -0.493 e. The molecule has 0 fully saturated rings. The van der Waals surface area contributed by atoms with Crippen molar-refractivity contribution >= 4 is 27.6 Å². The number of nitrogens with one attached hydrogen (secondary N) is 1. The molecule has 6 heteroatoms. The minimum atomic E-state index is -0.0896. The second kappa shape index (κ2) is 9.73. The van der Waals surface area contributed by atoms with Gasteiger partial charge in [-0.25, -0.2) is 0 Å². The molecule has 35 heavy (non-hydrogen) atoms. The number of nitrogens with zero attached hydrogens (tertiary/aromatic N) is 1. The van der Waals surface area contributed by atoms with E-state index in [-0.39, 0.29) is 5.91 Å². The van der Waals surface area contributed by atoms with E-state index in [9.17, 15) is 4.79 Å². The number of pyridine rings is 1. The van der Waals surface area contributed by atoms with Crippen molar-refractivity contribution in [1.82, 2.24) is 10.3 Å². The van der Waals surface area contributed by atoms with Crippen LogP contribution >= 0.6 is 0 Å². The molecule has 6 nitrogen and oxygen atoms in total. The van der Waals surface area contributed by atoms with Crippen LogP contribution in [0.2, 0.25) is 0 Å². The fraction of sp³-hybridized carbons (Fsp3) is 0.103. The summed E-state index contributed by atoms with van der Waals surface area (Å²) in [5.41, 5.74) is 2.43. The summed E-state index contributed by atoms with van der Waals surface area (Å²) >= 11 is 0. The van der Waals surface area contributed by atoms with Crippen molar-refractivity contribution in [1.29, 1.82) is 0 Å². The molecule has 0 aliphatic rings. The smallest absolute Gasteiger partial charge is 0.251 e. The van der Waals surface area contributed by atoms with E-state index in [2.05, 4.69) is 16.4 Å². The molecule has 0 radical (unpaired) electrons. The highest BCUT2D eigenvalue weighted by Gasteiger charge is 2.12. The predicted octanol–water partition coefficient (Wildman–Crippen LogP) is 6.13. The van der Waals surface area contributed by atoms with Crippen LogP contribution in [0.4, 0.5) is 0 Å². The van der Waals surface area contributed by atoms with Crippen molar-refractivity contribution in [3.63, 3.8) is 0 Å². The maximum atomic E-state index is 12.3. The summed E-state index contributed by atoms with van der Waals surface area (Å²) in [6.45, 7) is 0.455. The third kappa shape index (κ3) is 4.73. The van der Waals surface area contributed by atoms with Crippen molar-refractivity contribution in [2.75, 3.05) is 14.2 Å². The van der Waals surface area contributed by atoms with Crippen LogP contribution in [0.25, 0.3) is 21.7 Å². The van der Waals surface area contributed by atoms with Gasteiger partial charge in [-0.05, 0) is 58.8 Å². The molecule has 0 aliphatic carbocycles. The van der Waals surface area contributed by atoms with E-state index >= 15 is 0 Å². The number of fused-ring (bicyclic) bond motifs is 2. The summed E-state index contributed by atoms with van der Waals surface area (Å²) in [5, 5.41) is 5.90. The molecule has 0 saturated heterocycles. The molecule has 1 aromatic heterocycles. The summed E-state index contributed by atoms with van der Waals surface area (Å²) in [6, 6.07) is 26.8. The van der Waals surface area contributed by atoms with Crippen molar-refractivity contribution in [3.05, 3.63) is 102 Å². The van der Waals surface area contributed by atoms with Gasteiger partial charge in [0, 0.05) is 29.8 Å². The lowest BCUT2D eigenvalue weighted by molar-refractivity contribution is 0.0951. The minimum absolute atomic E-state index is 0.0896. The number of aromatic nitrogens is 1. The highest BCUT2D eigenvalue weighted by molar-refractivity contribution is 5.94. The van der Waals surface area contributed by atoms with Crippen LogP contribution < -0.4 is 19.5 Å². The third-order valence-corrected chi connectivity index (χ3v) is 5.80. The Morgan fingerprint density at radius 1 is 0.800 bits per heavy atom. The molecule has 0 aliphatic heterocycles. The average molecular weight is 465 g/mol. The van der Waals surface area contributed by atoms with E-state index in [0.29, 0.717) is 35.1 Å². The number of rotatable bonds is 7. The molecule has 0 spiro atoms. The molecular formula is C29H24N2O4. The van der Waals surface area contributed by atoms with E-state index < -0.39 is 0 Å². The highest BCUT2D eigenvalue weighted by Crippen LogP contribution is 2.37. The lowest BCUT2D eigenvalue weighted by atomic mass is 10.1. The van der Waals surface area contributed by atoms with Crippen LogP contribution in [0, 0.1) is 0 Å². The first-order valence-corrected chi connectivity index (χ1v) is 11.2. The van der Waals surface area contributed by atoms with E-state index in [1.807, 2.05) is 66.7 Å². The van der Waals surface area contributed by atoms with Gasteiger partial charge in [-0.2, -0.15) is 0 Å². The van der Waals surface area contributed by atoms with Gasteiger partial charge in [0.2, 0.25) is 0 Å². The summed E-state index contributed by atoms with van der Waals surface area (Å²) in [4.78, 5) is 16.8. The molecule has 0 bridgehead atoms. The van der Waals surface area contributed by atoms with Gasteiger partial charge in [0.05, 0.1) is 19.7 Å². The molecule has 0 saturated carbocycles. The van der Waals surface area contributed by atoms with E-state index in [4.69, 9.17) is 14.2 Å². The Hall–Kier alpha value is -4.58. The largest absolute Gasteiger partial charge is 0.493 e. The van der Waals surface area contributed by atoms with Gasteiger partial charge >= 0.3 is 0 Å². The third-order valence-electron chi connectivity index (χ3n) is 5.80. The molecule has 0 unspecified atom stereocenters. The Bertz CT molecular complexity index is 1520. The number of methoxy groups -OCH3 is 2. The molecule has 174 valence electrons. The zero-order valence-corrected chi connectivity index (χ0v) is 19.4. The average Bonchev–Trinajstić information content (AvgIpc) is 2.91. The first kappa shape index (κ1) is 22.2. The monoisotopic (exact) mass is 464 g/mol. The van der Waals surface area contributed by atoms with Crippen molar-refractivity contribution < 1.29 is 19.0 Å². The summed E-state index contributed by atoms with van der Waals surface area (Å²) < 4.78 is 17.1. The van der Waals surface area contributed by atoms with Crippen LogP contribution in [-0.4, -0.2) is 25.1 Å². The van der Waals surface area contributed by atoms with Gasteiger partial charge in [-0.1, -0.05) is 36.4 Å². The summed E-state index contributed by atoms with van der Waals surface area (Å²) in [7, 11) is 3.20. The fourth-order valence-corrected chi connectivity index (χ4v) is 3.98. The number of hydrogen-bond donors (Lipinski definition) is 1. The molecule has 1 N–H and O–H groups in total. The van der Waals surface area contributed by atoms with Crippen molar-refractivity contribution in [3.8, 4) is 23.0 Å². The zero-order valence-electron chi connectivity index (χ0n) is 19.4. The van der Waals surface area contributed by atoms with Crippen molar-refractivity contribution in [2.24, 2.45) is 0 Å². The van der Waals surface area contributed by atoms with Gasteiger partial charge in [0.15, 0.2) is 11.5 Å². The molecule has 1 amide bonds. The van der Waals surface area contributed by atoms with Crippen LogP contribution in [0.5, 0.6) is 23.0 Å². The number of carbonyl (C=O) groups excluding carboxylic acids is 1. The maximum absolute atomic E-state index is 12.3. The second-order valence-electron chi connectivity index (χ2n) is 8.03. The standard InChI is InChI=1S/C29H24N2O4/c1-33-27-16-24-25(17-28(27)34-2)30-13-12-26(24)35-23-11-10-21-14-19(8-9-22(21)15-23)18-31-29(32)20-6-4-3-5-7-20/h3-17H,18H2,1-2H3,(H,31,32). The van der Waals surface area contributed by atoms with Gasteiger partial charge in [-0.3, -0.25) is 9.78 Å². The highest BCUT2D eigenvalue weighted by atomic mass is 16.5. The van der Waals surface area contributed by atoms with Gasteiger partial charge in [-0.15, -0.1) is 0 Å². The van der Waals surface area contributed by atoms with Gasteiger partial charge in [0.25, 0.3) is 5.91 Å². The Balaban J connectivity index is 1.36. The van der Waals surface area contributed by atoms with Gasteiger partial charge in [0.1, 0.15) is 11.5 Å². The Labute approximate surface area is 203 Å². The van der Waals surface area contributed by atoms with E-state index in [1.165, 1.54) is 0 Å². The lowest BCUT2D eigenvalue weighted by Crippen LogP contribution is -2.22.